The van der Waals surface area contributed by atoms with Crippen molar-refractivity contribution in [2.45, 2.75) is 12.8 Å². The van der Waals surface area contributed by atoms with Crippen molar-refractivity contribution >= 4 is 17.8 Å². The van der Waals surface area contributed by atoms with Crippen LogP contribution in [0.4, 0.5) is 0 Å². The fraction of sp³-hybridized carbons (Fsp3) is 0.0909. The minimum atomic E-state index is -2.91. The van der Waals surface area contributed by atoms with Crippen molar-refractivity contribution < 1.29 is 4.57 Å². The molecule has 3 aromatic carbocycles. The molecule has 0 aliphatic rings. The fourth-order valence-corrected chi connectivity index (χ4v) is 4.65. The Bertz CT molecular complexity index is 831. The number of rotatable bonds is 4. The lowest BCUT2D eigenvalue weighted by atomic mass is 10.1. The molecule has 0 aliphatic heterocycles. The Morgan fingerprint density at radius 3 is 1.62 bits per heavy atom. The average Bonchev–Trinajstić information content (AvgIpc) is 2.67. The van der Waals surface area contributed by atoms with Gasteiger partial charge in [-0.1, -0.05) is 96.9 Å². The molecule has 0 unspecified atom stereocenters. The van der Waals surface area contributed by atoms with E-state index in [4.69, 9.17) is 0 Å². The minimum Gasteiger partial charge on any atom is -0.300 e. The summed E-state index contributed by atoms with van der Waals surface area (Å²) in [6.45, 7) is 0. The predicted octanol–water partition coefficient (Wildman–Crippen LogP) is 4.59. The van der Waals surface area contributed by atoms with Crippen LogP contribution in [0.3, 0.4) is 0 Å². The molecule has 0 radical (unpaired) electrons. The van der Waals surface area contributed by atoms with Gasteiger partial charge in [-0.25, -0.2) is 0 Å². The van der Waals surface area contributed by atoms with Crippen LogP contribution in [-0.2, 0) is 11.0 Å². The summed E-state index contributed by atoms with van der Waals surface area (Å²) in [5, 5.41) is 1.59. The summed E-state index contributed by atoms with van der Waals surface area (Å²) < 4.78 is 13.7. The average molecular weight is 330 g/mol. The highest BCUT2D eigenvalue weighted by Gasteiger charge is 2.24. The summed E-state index contributed by atoms with van der Waals surface area (Å²) in [7, 11) is -2.91. The smallest absolute Gasteiger partial charge is 0.210 e. The SMILES string of the molecule is O=P(C#CCCc1ccccc1)(c1ccccc1)c1ccccc1. The highest BCUT2D eigenvalue weighted by molar-refractivity contribution is 7.83. The molecular formula is C22H19OP. The number of benzene rings is 3. The Labute approximate surface area is 143 Å². The lowest BCUT2D eigenvalue weighted by molar-refractivity contribution is 0.593. The molecule has 2 heteroatoms. The zero-order chi connectivity index (χ0) is 16.7. The van der Waals surface area contributed by atoms with E-state index in [9.17, 15) is 4.57 Å². The van der Waals surface area contributed by atoms with Crippen LogP contribution in [0, 0.1) is 11.6 Å². The third-order valence-corrected chi connectivity index (χ3v) is 6.38. The second kappa shape index (κ2) is 7.82. The van der Waals surface area contributed by atoms with Crippen molar-refractivity contribution in [1.82, 2.24) is 0 Å². The van der Waals surface area contributed by atoms with Crippen LogP contribution in [0.1, 0.15) is 12.0 Å². The molecule has 118 valence electrons. The molecule has 3 rings (SSSR count). The third kappa shape index (κ3) is 3.85. The Morgan fingerprint density at radius 2 is 1.12 bits per heavy atom. The molecular weight excluding hydrogens is 311 g/mol. The van der Waals surface area contributed by atoms with Gasteiger partial charge in [-0.2, -0.15) is 0 Å². The molecule has 24 heavy (non-hydrogen) atoms. The van der Waals surface area contributed by atoms with E-state index in [-0.39, 0.29) is 0 Å². The summed E-state index contributed by atoms with van der Waals surface area (Å²) in [6.07, 6.45) is 1.57. The van der Waals surface area contributed by atoms with Gasteiger partial charge in [0.2, 0.25) is 7.14 Å². The van der Waals surface area contributed by atoms with Crippen LogP contribution in [-0.4, -0.2) is 0 Å². The van der Waals surface area contributed by atoms with Gasteiger partial charge in [0.15, 0.2) is 0 Å². The topological polar surface area (TPSA) is 17.1 Å². The van der Waals surface area contributed by atoms with E-state index in [2.05, 4.69) is 23.7 Å². The zero-order valence-electron chi connectivity index (χ0n) is 13.4. The highest BCUT2D eigenvalue weighted by atomic mass is 31.2. The van der Waals surface area contributed by atoms with Crippen LogP contribution in [0.25, 0.3) is 0 Å². The predicted molar refractivity (Wildman–Crippen MR) is 102 cm³/mol. The van der Waals surface area contributed by atoms with Crippen LogP contribution in [0.15, 0.2) is 91.0 Å². The molecule has 0 aliphatic carbocycles. The number of aryl methyl sites for hydroxylation is 1. The molecule has 3 aromatic rings. The van der Waals surface area contributed by atoms with Gasteiger partial charge in [-0.3, -0.25) is 4.57 Å². The van der Waals surface area contributed by atoms with Crippen molar-refractivity contribution in [2.24, 2.45) is 0 Å². The van der Waals surface area contributed by atoms with Gasteiger partial charge in [-0.15, -0.1) is 0 Å². The highest BCUT2D eigenvalue weighted by Crippen LogP contribution is 2.41. The second-order valence-electron chi connectivity index (χ2n) is 5.55. The van der Waals surface area contributed by atoms with Crippen molar-refractivity contribution in [2.75, 3.05) is 0 Å². The first kappa shape index (κ1) is 16.3. The molecule has 0 fully saturated rings. The summed E-state index contributed by atoms with van der Waals surface area (Å²) in [5.74, 6) is 3.16. The summed E-state index contributed by atoms with van der Waals surface area (Å²) in [6, 6.07) is 29.4. The first-order chi connectivity index (χ1) is 11.8. The van der Waals surface area contributed by atoms with E-state index in [0.717, 1.165) is 17.0 Å². The molecule has 0 atom stereocenters. The van der Waals surface area contributed by atoms with Crippen LogP contribution in [0.5, 0.6) is 0 Å². The summed E-state index contributed by atoms with van der Waals surface area (Å²) in [5.41, 5.74) is 4.36. The Hall–Kier alpha value is -2.55. The third-order valence-electron chi connectivity index (χ3n) is 3.86. The Balaban J connectivity index is 1.87. The van der Waals surface area contributed by atoms with E-state index < -0.39 is 7.14 Å². The van der Waals surface area contributed by atoms with Gasteiger partial charge in [0, 0.05) is 17.0 Å². The molecule has 0 N–H and O–H groups in total. The molecule has 0 spiro atoms. The molecule has 0 saturated heterocycles. The quantitative estimate of drug-likeness (QED) is 0.505. The van der Waals surface area contributed by atoms with Crippen molar-refractivity contribution in [3.63, 3.8) is 0 Å². The largest absolute Gasteiger partial charge is 0.300 e. The maximum atomic E-state index is 13.7. The number of hydrogen-bond donors (Lipinski definition) is 0. The zero-order valence-corrected chi connectivity index (χ0v) is 14.3. The first-order valence-corrected chi connectivity index (χ1v) is 9.75. The van der Waals surface area contributed by atoms with Gasteiger partial charge in [-0.05, 0) is 17.6 Å². The monoisotopic (exact) mass is 330 g/mol. The van der Waals surface area contributed by atoms with E-state index in [0.29, 0.717) is 6.42 Å². The van der Waals surface area contributed by atoms with Crippen molar-refractivity contribution in [3.05, 3.63) is 96.6 Å². The van der Waals surface area contributed by atoms with E-state index in [1.54, 1.807) is 0 Å². The normalized spacial score (nSPS) is 10.7. The van der Waals surface area contributed by atoms with Crippen LogP contribution in [0.2, 0.25) is 0 Å². The molecule has 0 amide bonds. The van der Waals surface area contributed by atoms with Crippen molar-refractivity contribution in [1.29, 1.82) is 0 Å². The Kier molecular flexibility index (Phi) is 5.32. The molecule has 0 saturated carbocycles. The van der Waals surface area contributed by atoms with Crippen LogP contribution < -0.4 is 10.6 Å². The van der Waals surface area contributed by atoms with Gasteiger partial charge >= 0.3 is 0 Å². The second-order valence-corrected chi connectivity index (χ2v) is 8.03. The van der Waals surface area contributed by atoms with Gasteiger partial charge in [0.05, 0.1) is 0 Å². The maximum Gasteiger partial charge on any atom is 0.210 e. The van der Waals surface area contributed by atoms with Gasteiger partial charge in [0.25, 0.3) is 0 Å². The maximum absolute atomic E-state index is 13.7. The Morgan fingerprint density at radius 1 is 0.667 bits per heavy atom. The molecule has 1 nitrogen and oxygen atoms in total. The van der Waals surface area contributed by atoms with Gasteiger partial charge in [0.1, 0.15) is 0 Å². The minimum absolute atomic E-state index is 0.702. The summed E-state index contributed by atoms with van der Waals surface area (Å²) >= 11 is 0. The van der Waals surface area contributed by atoms with Crippen LogP contribution >= 0.6 is 7.14 Å². The van der Waals surface area contributed by atoms with E-state index >= 15 is 0 Å². The summed E-state index contributed by atoms with van der Waals surface area (Å²) in [4.78, 5) is 0. The lowest BCUT2D eigenvalue weighted by Crippen LogP contribution is -2.14. The molecule has 0 aromatic heterocycles. The first-order valence-electron chi connectivity index (χ1n) is 8.04. The molecule has 0 heterocycles. The lowest BCUT2D eigenvalue weighted by Gasteiger charge is -2.12. The van der Waals surface area contributed by atoms with Gasteiger partial charge < -0.3 is 0 Å². The van der Waals surface area contributed by atoms with Crippen molar-refractivity contribution in [3.8, 4) is 11.6 Å². The number of hydrogen-bond acceptors (Lipinski definition) is 1. The standard InChI is InChI=1S/C22H19OP/c23-24(21-15-6-2-7-16-21,22-17-8-3-9-18-22)19-11-10-14-20-12-4-1-5-13-20/h1-9,12-13,15-18H,10,14H2. The van der Waals surface area contributed by atoms with E-state index in [1.165, 1.54) is 5.56 Å². The molecule has 0 bridgehead atoms. The van der Waals surface area contributed by atoms with E-state index in [1.807, 2.05) is 78.9 Å². The fourth-order valence-electron chi connectivity index (χ4n) is 2.57.